The van der Waals surface area contributed by atoms with Crippen LogP contribution in [0.4, 0.5) is 0 Å². The van der Waals surface area contributed by atoms with Gasteiger partial charge in [0, 0.05) is 18.7 Å². The van der Waals surface area contributed by atoms with Gasteiger partial charge in [0.15, 0.2) is 0 Å². The minimum absolute atomic E-state index is 0.795. The quantitative estimate of drug-likeness (QED) is 0.721. The summed E-state index contributed by atoms with van der Waals surface area (Å²) in [6.45, 7) is 6.94. The van der Waals surface area contributed by atoms with Crippen LogP contribution in [-0.2, 0) is 10.8 Å². The van der Waals surface area contributed by atoms with Gasteiger partial charge in [-0.1, -0.05) is 37.8 Å². The lowest BCUT2D eigenvalue weighted by atomic mass is 10.4. The van der Waals surface area contributed by atoms with E-state index in [0.29, 0.717) is 0 Å². The van der Waals surface area contributed by atoms with Crippen LogP contribution in [0.25, 0.3) is 0 Å². The molecule has 0 saturated carbocycles. The summed E-state index contributed by atoms with van der Waals surface area (Å²) in [6, 6.07) is 10.9. The van der Waals surface area contributed by atoms with Gasteiger partial charge in [-0.25, -0.2) is 0 Å². The predicted molar refractivity (Wildman–Crippen MR) is 65.9 cm³/mol. The van der Waals surface area contributed by atoms with Crippen molar-refractivity contribution in [2.75, 3.05) is 5.75 Å². The molecule has 0 amide bonds. The van der Waals surface area contributed by atoms with Crippen LogP contribution in [0.1, 0.15) is 0 Å². The average Bonchev–Trinajstić information content (AvgIpc) is 2.14. The summed E-state index contributed by atoms with van der Waals surface area (Å²) in [7, 11) is -1.84. The first-order chi connectivity index (χ1) is 6.49. The van der Waals surface area contributed by atoms with E-state index in [1.54, 1.807) is 0 Å². The number of rotatable bonds is 4. The van der Waals surface area contributed by atoms with Gasteiger partial charge in [-0.15, -0.1) is 0 Å². The molecule has 1 aromatic carbocycles. The lowest BCUT2D eigenvalue weighted by Crippen LogP contribution is -2.22. The van der Waals surface area contributed by atoms with E-state index in [1.807, 2.05) is 30.3 Å². The van der Waals surface area contributed by atoms with Crippen LogP contribution in [0.3, 0.4) is 0 Å². The maximum atomic E-state index is 11.8. The van der Waals surface area contributed by atoms with Crippen molar-refractivity contribution in [2.24, 2.45) is 0 Å². The van der Waals surface area contributed by atoms with Gasteiger partial charge in [0.1, 0.15) is 0 Å². The zero-order valence-electron chi connectivity index (χ0n) is 9.12. The molecule has 1 rings (SSSR count). The largest absolute Gasteiger partial charge is 0.254 e. The van der Waals surface area contributed by atoms with Gasteiger partial charge in [0.2, 0.25) is 0 Å². The standard InChI is InChI=1S/C11H18OSSi/c1-14(2,3)10-9-13(12)11-7-5-4-6-8-11/h4-8H,9-10H2,1-3H3/t13-/m0/s1. The maximum absolute atomic E-state index is 11.8. The molecule has 0 aliphatic rings. The Hall–Kier alpha value is -0.413. The van der Waals surface area contributed by atoms with Crippen molar-refractivity contribution in [3.8, 4) is 0 Å². The average molecular weight is 226 g/mol. The molecule has 1 atom stereocenters. The highest BCUT2D eigenvalue weighted by atomic mass is 32.2. The van der Waals surface area contributed by atoms with E-state index in [-0.39, 0.29) is 0 Å². The van der Waals surface area contributed by atoms with E-state index >= 15 is 0 Å². The summed E-state index contributed by atoms with van der Waals surface area (Å²) in [5.41, 5.74) is 0. The Kier molecular flexibility index (Phi) is 4.07. The van der Waals surface area contributed by atoms with Crippen molar-refractivity contribution in [3.05, 3.63) is 30.3 Å². The first kappa shape index (κ1) is 11.7. The molecule has 0 N–H and O–H groups in total. The van der Waals surface area contributed by atoms with E-state index in [9.17, 15) is 4.21 Å². The Bertz CT molecular complexity index is 303. The fourth-order valence-electron chi connectivity index (χ4n) is 1.09. The molecule has 0 unspecified atom stereocenters. The van der Waals surface area contributed by atoms with E-state index in [0.717, 1.165) is 16.7 Å². The topological polar surface area (TPSA) is 17.1 Å². The molecule has 14 heavy (non-hydrogen) atoms. The highest BCUT2D eigenvalue weighted by Gasteiger charge is 2.14. The van der Waals surface area contributed by atoms with Crippen molar-refractivity contribution in [2.45, 2.75) is 30.6 Å². The summed E-state index contributed by atoms with van der Waals surface area (Å²) in [4.78, 5) is 0.964. The molecule has 0 fully saturated rings. The first-order valence-corrected chi connectivity index (χ1v) is 9.95. The van der Waals surface area contributed by atoms with Gasteiger partial charge in [-0.3, -0.25) is 4.21 Å². The Morgan fingerprint density at radius 2 is 1.71 bits per heavy atom. The molecule has 0 spiro atoms. The van der Waals surface area contributed by atoms with Crippen molar-refractivity contribution in [1.29, 1.82) is 0 Å². The second kappa shape index (κ2) is 4.89. The molecule has 1 aromatic rings. The number of benzene rings is 1. The van der Waals surface area contributed by atoms with Crippen molar-refractivity contribution >= 4 is 18.9 Å². The molecular weight excluding hydrogens is 208 g/mol. The van der Waals surface area contributed by atoms with E-state index in [4.69, 9.17) is 0 Å². The molecule has 0 aliphatic carbocycles. The lowest BCUT2D eigenvalue weighted by molar-refractivity contribution is 0.683. The molecule has 0 heterocycles. The first-order valence-electron chi connectivity index (χ1n) is 4.92. The molecule has 3 heteroatoms. The van der Waals surface area contributed by atoms with E-state index < -0.39 is 18.9 Å². The normalized spacial score (nSPS) is 13.9. The molecule has 1 nitrogen and oxygen atoms in total. The van der Waals surface area contributed by atoms with Crippen LogP contribution in [-0.4, -0.2) is 18.0 Å². The Morgan fingerprint density at radius 3 is 2.21 bits per heavy atom. The Labute approximate surface area is 90.0 Å². The van der Waals surface area contributed by atoms with Crippen LogP contribution in [0.2, 0.25) is 25.7 Å². The fraction of sp³-hybridized carbons (Fsp3) is 0.455. The molecule has 0 aromatic heterocycles. The zero-order chi connectivity index (χ0) is 10.6. The number of hydrogen-bond donors (Lipinski definition) is 0. The van der Waals surface area contributed by atoms with Gasteiger partial charge >= 0.3 is 0 Å². The van der Waals surface area contributed by atoms with Crippen molar-refractivity contribution in [3.63, 3.8) is 0 Å². The van der Waals surface area contributed by atoms with Gasteiger partial charge in [0.05, 0.1) is 10.8 Å². The Morgan fingerprint density at radius 1 is 1.14 bits per heavy atom. The summed E-state index contributed by atoms with van der Waals surface area (Å²) >= 11 is 0. The molecular formula is C11H18OSSi. The minimum Gasteiger partial charge on any atom is -0.254 e. The summed E-state index contributed by atoms with van der Waals surface area (Å²) in [6.07, 6.45) is 0. The van der Waals surface area contributed by atoms with Gasteiger partial charge in [-0.2, -0.15) is 0 Å². The SMILES string of the molecule is C[Si](C)(C)CC[S@](=O)c1ccccc1. The molecule has 78 valence electrons. The molecule has 0 aliphatic heterocycles. The van der Waals surface area contributed by atoms with E-state index in [1.165, 1.54) is 0 Å². The van der Waals surface area contributed by atoms with Gasteiger partial charge in [0.25, 0.3) is 0 Å². The predicted octanol–water partition coefficient (Wildman–Crippen LogP) is 3.13. The zero-order valence-corrected chi connectivity index (χ0v) is 10.9. The lowest BCUT2D eigenvalue weighted by Gasteiger charge is -2.14. The van der Waals surface area contributed by atoms with Crippen molar-refractivity contribution in [1.82, 2.24) is 0 Å². The number of hydrogen-bond acceptors (Lipinski definition) is 1. The highest BCUT2D eigenvalue weighted by Crippen LogP contribution is 2.13. The summed E-state index contributed by atoms with van der Waals surface area (Å²) in [5, 5.41) is 0. The molecule has 0 saturated heterocycles. The third-order valence-corrected chi connectivity index (χ3v) is 5.53. The Balaban J connectivity index is 2.52. The minimum atomic E-state index is -1.05. The maximum Gasteiger partial charge on any atom is 0.0526 e. The summed E-state index contributed by atoms with van der Waals surface area (Å²) < 4.78 is 11.8. The van der Waals surface area contributed by atoms with Gasteiger partial charge in [-0.05, 0) is 18.2 Å². The molecule has 0 bridgehead atoms. The van der Waals surface area contributed by atoms with Crippen LogP contribution in [0.5, 0.6) is 0 Å². The summed E-state index contributed by atoms with van der Waals surface area (Å²) in [5.74, 6) is 0.819. The smallest absolute Gasteiger partial charge is 0.0526 e. The second-order valence-corrected chi connectivity index (χ2v) is 11.9. The fourth-order valence-corrected chi connectivity index (χ4v) is 4.98. The van der Waals surface area contributed by atoms with Gasteiger partial charge < -0.3 is 0 Å². The second-order valence-electron chi connectivity index (χ2n) is 4.67. The third-order valence-electron chi connectivity index (χ3n) is 2.04. The van der Waals surface area contributed by atoms with Crippen LogP contribution < -0.4 is 0 Å². The highest BCUT2D eigenvalue weighted by molar-refractivity contribution is 7.85. The van der Waals surface area contributed by atoms with Crippen LogP contribution in [0, 0.1) is 0 Å². The van der Waals surface area contributed by atoms with Crippen LogP contribution >= 0.6 is 0 Å². The van der Waals surface area contributed by atoms with E-state index in [2.05, 4.69) is 19.6 Å². The molecule has 0 radical (unpaired) electrons. The van der Waals surface area contributed by atoms with Crippen LogP contribution in [0.15, 0.2) is 35.2 Å². The monoisotopic (exact) mass is 226 g/mol. The third kappa shape index (κ3) is 4.20. The van der Waals surface area contributed by atoms with Crippen molar-refractivity contribution < 1.29 is 4.21 Å².